The fraction of sp³-hybridized carbons (Fsp3) is 0.486. The Balaban J connectivity index is 0.000000629. The first kappa shape index (κ1) is 39.2. The van der Waals surface area contributed by atoms with E-state index in [9.17, 15) is 26.7 Å². The highest BCUT2D eigenvalue weighted by molar-refractivity contribution is 5.94. The zero-order valence-electron chi connectivity index (χ0n) is 30.8. The van der Waals surface area contributed by atoms with Crippen molar-refractivity contribution in [1.29, 1.82) is 0 Å². The molecule has 1 aromatic carbocycles. The summed E-state index contributed by atoms with van der Waals surface area (Å²) in [7, 11) is 3.44. The number of likely N-dealkylation sites (tertiary alicyclic amines) is 1. The Bertz CT molecular complexity index is 2140. The molecule has 6 heterocycles. The highest BCUT2D eigenvalue weighted by Crippen LogP contribution is 2.51. The quantitative estimate of drug-likeness (QED) is 0.175. The van der Waals surface area contributed by atoms with Gasteiger partial charge in [0.25, 0.3) is 11.8 Å². The minimum absolute atomic E-state index is 0.00290. The Morgan fingerprint density at radius 1 is 1.12 bits per heavy atom. The standard InChI is InChI=1S/C35H40F3N9O2.C2HF3O2/c1-20(45-18-34(19-45)10-11-40-17-35(34,37)38)21-13-24(36)31(41-15-21)23-5-4-6-27-22(23)9-12-46(27)30-14-26(39-2)32-42-16-28(47(32)44-30)33(48)43-25-7-8-29(25)49-3;3-2(4,5)1(6)7/h4-6,13-16,20,25,29,39-40H,7-12,17-19H2,1-3H3,(H,43,48);(H,6,7)/t20-,25+,29+;/m0./s1. The normalized spacial score (nSPS) is 21.7. The van der Waals surface area contributed by atoms with Gasteiger partial charge in [-0.2, -0.15) is 13.2 Å². The summed E-state index contributed by atoms with van der Waals surface area (Å²) in [4.78, 5) is 35.3. The number of benzene rings is 1. The van der Waals surface area contributed by atoms with Gasteiger partial charge in [0.15, 0.2) is 17.2 Å². The van der Waals surface area contributed by atoms with Crippen LogP contribution < -0.4 is 20.9 Å². The second-order valence-electron chi connectivity index (χ2n) is 14.6. The van der Waals surface area contributed by atoms with Gasteiger partial charge >= 0.3 is 12.1 Å². The molecule has 4 aliphatic rings. The number of piperidine rings is 1. The third kappa shape index (κ3) is 7.00. The number of alkyl halides is 5. The van der Waals surface area contributed by atoms with Gasteiger partial charge in [0, 0.05) is 63.3 Å². The smallest absolute Gasteiger partial charge is 0.475 e. The third-order valence-corrected chi connectivity index (χ3v) is 11.4. The number of amides is 1. The van der Waals surface area contributed by atoms with E-state index in [1.54, 1.807) is 24.9 Å². The molecule has 1 aliphatic carbocycles. The van der Waals surface area contributed by atoms with Crippen LogP contribution in [-0.2, 0) is 16.0 Å². The average molecular weight is 790 g/mol. The lowest BCUT2D eigenvalue weighted by Crippen LogP contribution is -2.69. The van der Waals surface area contributed by atoms with Crippen molar-refractivity contribution in [2.75, 3.05) is 57.1 Å². The van der Waals surface area contributed by atoms with Gasteiger partial charge in [0.1, 0.15) is 11.5 Å². The first-order valence-corrected chi connectivity index (χ1v) is 18.2. The molecule has 300 valence electrons. The number of hydrogen-bond acceptors (Lipinski definition) is 10. The molecule has 3 aliphatic heterocycles. The van der Waals surface area contributed by atoms with Gasteiger partial charge in [-0.15, -0.1) is 5.10 Å². The van der Waals surface area contributed by atoms with E-state index >= 15 is 4.39 Å². The molecule has 8 rings (SSSR count). The van der Waals surface area contributed by atoms with Gasteiger partial charge in [-0.25, -0.2) is 27.5 Å². The molecule has 1 amide bonds. The number of fused-ring (bicyclic) bond motifs is 2. The number of aliphatic carboxylic acids is 1. The Kier molecular flexibility index (Phi) is 10.4. The molecular formula is C37H41F6N9O4. The molecule has 3 fully saturated rings. The Hall–Kier alpha value is -5.01. The van der Waals surface area contributed by atoms with Crippen molar-refractivity contribution in [1.82, 2.24) is 35.1 Å². The van der Waals surface area contributed by atoms with Crippen molar-refractivity contribution in [2.24, 2.45) is 5.41 Å². The maximum absolute atomic E-state index is 15.9. The predicted octanol–water partition coefficient (Wildman–Crippen LogP) is 5.20. The van der Waals surface area contributed by atoms with Crippen molar-refractivity contribution in [3.63, 3.8) is 0 Å². The molecular weight excluding hydrogens is 748 g/mol. The van der Waals surface area contributed by atoms with Crippen LogP contribution in [0.4, 0.5) is 43.5 Å². The van der Waals surface area contributed by atoms with Crippen LogP contribution in [0.3, 0.4) is 0 Å². The lowest BCUT2D eigenvalue weighted by Gasteiger charge is -2.57. The summed E-state index contributed by atoms with van der Waals surface area (Å²) >= 11 is 0. The number of nitrogens with zero attached hydrogens (tertiary/aromatic N) is 6. The van der Waals surface area contributed by atoms with E-state index in [1.807, 2.05) is 36.1 Å². The fourth-order valence-corrected chi connectivity index (χ4v) is 7.91. The van der Waals surface area contributed by atoms with Gasteiger partial charge in [-0.05, 0) is 62.4 Å². The Morgan fingerprint density at radius 3 is 2.50 bits per heavy atom. The number of carboxylic acid groups (broad SMARTS) is 1. The first-order valence-electron chi connectivity index (χ1n) is 18.2. The number of halogens is 6. The highest BCUT2D eigenvalue weighted by Gasteiger charge is 2.61. The van der Waals surface area contributed by atoms with Crippen LogP contribution in [0.5, 0.6) is 0 Å². The number of carbonyl (C=O) groups excluding carboxylic acids is 1. The number of imidazole rings is 1. The number of nitrogens with one attached hydrogen (secondary N) is 3. The van der Waals surface area contributed by atoms with Crippen molar-refractivity contribution < 1.29 is 45.8 Å². The van der Waals surface area contributed by atoms with Gasteiger partial charge in [0.2, 0.25) is 0 Å². The summed E-state index contributed by atoms with van der Waals surface area (Å²) in [6.45, 7) is 3.36. The van der Waals surface area contributed by atoms with E-state index in [0.29, 0.717) is 59.9 Å². The van der Waals surface area contributed by atoms with E-state index in [0.717, 1.165) is 24.1 Å². The first-order chi connectivity index (χ1) is 26.6. The number of ether oxygens (including phenoxy) is 1. The molecule has 3 aromatic heterocycles. The maximum Gasteiger partial charge on any atom is 0.490 e. The third-order valence-electron chi connectivity index (χ3n) is 11.4. The average Bonchev–Trinajstić information content (AvgIpc) is 3.77. The lowest BCUT2D eigenvalue weighted by molar-refractivity contribution is -0.210. The van der Waals surface area contributed by atoms with E-state index in [-0.39, 0.29) is 49.4 Å². The van der Waals surface area contributed by atoms with Crippen LogP contribution in [0.15, 0.2) is 42.7 Å². The van der Waals surface area contributed by atoms with Crippen molar-refractivity contribution in [2.45, 2.75) is 62.9 Å². The van der Waals surface area contributed by atoms with Crippen LogP contribution in [0.1, 0.15) is 53.8 Å². The molecule has 13 nitrogen and oxygen atoms in total. The molecule has 56 heavy (non-hydrogen) atoms. The largest absolute Gasteiger partial charge is 0.490 e. The number of carboxylic acids is 1. The molecule has 1 spiro atoms. The van der Waals surface area contributed by atoms with Gasteiger partial charge in [0.05, 0.1) is 36.0 Å². The molecule has 1 saturated carbocycles. The summed E-state index contributed by atoms with van der Waals surface area (Å²) in [6, 6.07) is 8.82. The van der Waals surface area contributed by atoms with Crippen LogP contribution >= 0.6 is 0 Å². The number of carbonyl (C=O) groups is 2. The molecule has 0 bridgehead atoms. The molecule has 4 aromatic rings. The second kappa shape index (κ2) is 14.8. The van der Waals surface area contributed by atoms with Gasteiger partial charge in [-0.1, -0.05) is 12.1 Å². The van der Waals surface area contributed by atoms with Crippen LogP contribution in [0, 0.1) is 11.2 Å². The summed E-state index contributed by atoms with van der Waals surface area (Å²) in [6.07, 6.45) is 0.928. The zero-order chi connectivity index (χ0) is 40.2. The number of rotatable bonds is 8. The van der Waals surface area contributed by atoms with Crippen LogP contribution in [0.25, 0.3) is 16.9 Å². The molecule has 0 unspecified atom stereocenters. The lowest BCUT2D eigenvalue weighted by atomic mass is 9.69. The molecule has 4 N–H and O–H groups in total. The number of hydrogen-bond donors (Lipinski definition) is 4. The van der Waals surface area contributed by atoms with Crippen LogP contribution in [-0.4, -0.2) is 113 Å². The summed E-state index contributed by atoms with van der Waals surface area (Å²) in [5.74, 6) is -5.62. The monoisotopic (exact) mass is 789 g/mol. The summed E-state index contributed by atoms with van der Waals surface area (Å²) in [5.41, 5.74) is 3.97. The number of pyridine rings is 1. The molecule has 19 heteroatoms. The van der Waals surface area contributed by atoms with Crippen molar-refractivity contribution in [3.05, 3.63) is 65.4 Å². The van der Waals surface area contributed by atoms with Crippen molar-refractivity contribution in [3.8, 4) is 11.3 Å². The SMILES string of the molecule is CNc1cc(N2CCc3c(-c4ncc([C@H](C)N5CC6(CCNCC6(F)F)C5)cc4F)cccc32)nn2c(C(=O)N[C@@H]3CC[C@H]3OC)cnc12.O=C(O)C(F)(F)F. The topological polar surface area (TPSA) is 149 Å². The number of methoxy groups -OCH3 is 1. The Morgan fingerprint density at radius 2 is 1.88 bits per heavy atom. The molecule has 0 radical (unpaired) electrons. The van der Waals surface area contributed by atoms with Gasteiger partial charge in [-0.3, -0.25) is 14.7 Å². The maximum atomic E-state index is 15.9. The fourth-order valence-electron chi connectivity index (χ4n) is 7.91. The predicted molar refractivity (Wildman–Crippen MR) is 193 cm³/mol. The van der Waals surface area contributed by atoms with Crippen LogP contribution in [0.2, 0.25) is 0 Å². The number of aromatic nitrogens is 4. The second-order valence-corrected chi connectivity index (χ2v) is 14.6. The number of anilines is 3. The van der Waals surface area contributed by atoms with Gasteiger partial charge < -0.3 is 30.7 Å². The van der Waals surface area contributed by atoms with E-state index < -0.39 is 29.3 Å². The zero-order valence-corrected chi connectivity index (χ0v) is 30.8. The molecule has 2 saturated heterocycles. The van der Waals surface area contributed by atoms with E-state index in [4.69, 9.17) is 19.7 Å². The minimum atomic E-state index is -5.08. The van der Waals surface area contributed by atoms with E-state index in [2.05, 4.69) is 30.8 Å². The summed E-state index contributed by atoms with van der Waals surface area (Å²) < 4.78 is 84.0. The van der Waals surface area contributed by atoms with E-state index in [1.165, 1.54) is 12.3 Å². The minimum Gasteiger partial charge on any atom is -0.475 e. The highest BCUT2D eigenvalue weighted by atomic mass is 19.4. The van der Waals surface area contributed by atoms with Crippen molar-refractivity contribution >= 4 is 34.7 Å². The Labute approximate surface area is 317 Å². The molecule has 3 atom stereocenters. The summed E-state index contributed by atoms with van der Waals surface area (Å²) in [5, 5.41) is 21.0.